The first-order valence-corrected chi connectivity index (χ1v) is 9.35. The first-order valence-electron chi connectivity index (χ1n) is 9.35. The molecular weight excluding hydrogens is 326 g/mol. The Morgan fingerprint density at radius 3 is 2.81 bits per heavy atom. The average molecular weight is 349 g/mol. The second-order valence-electron chi connectivity index (χ2n) is 7.25. The van der Waals surface area contributed by atoms with Crippen LogP contribution in [0.5, 0.6) is 0 Å². The molecule has 1 N–H and O–H groups in total. The maximum atomic E-state index is 10.3. The van der Waals surface area contributed by atoms with E-state index in [1.807, 2.05) is 12.1 Å². The zero-order chi connectivity index (χ0) is 18.1. The summed E-state index contributed by atoms with van der Waals surface area (Å²) in [5.41, 5.74) is 3.46. The van der Waals surface area contributed by atoms with E-state index in [2.05, 4.69) is 25.6 Å². The van der Waals surface area contributed by atoms with E-state index in [0.717, 1.165) is 54.2 Å². The Labute approximate surface area is 152 Å². The van der Waals surface area contributed by atoms with Gasteiger partial charge in [-0.1, -0.05) is 0 Å². The molecule has 1 unspecified atom stereocenters. The quantitative estimate of drug-likeness (QED) is 0.767. The molecular formula is C20H23N5O. The Kier molecular flexibility index (Phi) is 4.56. The van der Waals surface area contributed by atoms with E-state index >= 15 is 0 Å². The molecule has 1 fully saturated rings. The van der Waals surface area contributed by atoms with Gasteiger partial charge < -0.3 is 9.67 Å². The third-order valence-electron chi connectivity index (χ3n) is 5.52. The van der Waals surface area contributed by atoms with Crippen LogP contribution in [-0.4, -0.2) is 24.6 Å². The summed E-state index contributed by atoms with van der Waals surface area (Å²) in [4.78, 5) is 13.7. The lowest BCUT2D eigenvalue weighted by Gasteiger charge is -2.31. The van der Waals surface area contributed by atoms with Crippen LogP contribution in [0.15, 0.2) is 24.5 Å². The molecule has 1 aliphatic rings. The molecule has 1 atom stereocenters. The Bertz CT molecular complexity index is 963. The molecule has 0 saturated heterocycles. The van der Waals surface area contributed by atoms with Gasteiger partial charge in [-0.15, -0.1) is 0 Å². The van der Waals surface area contributed by atoms with Gasteiger partial charge in [0.05, 0.1) is 23.3 Å². The maximum Gasteiger partial charge on any atom is 0.138 e. The molecule has 0 radical (unpaired) electrons. The Balaban J connectivity index is 1.77. The lowest BCUT2D eigenvalue weighted by molar-refractivity contribution is 0.174. The van der Waals surface area contributed by atoms with Crippen LogP contribution in [0.1, 0.15) is 63.4 Å². The van der Waals surface area contributed by atoms with Crippen LogP contribution in [0.4, 0.5) is 0 Å². The van der Waals surface area contributed by atoms with Gasteiger partial charge >= 0.3 is 0 Å². The van der Waals surface area contributed by atoms with Gasteiger partial charge in [0.15, 0.2) is 0 Å². The van der Waals surface area contributed by atoms with Crippen LogP contribution in [-0.2, 0) is 0 Å². The number of fused-ring (bicyclic) bond motifs is 3. The number of hydrogen-bond acceptors (Lipinski definition) is 5. The highest BCUT2D eigenvalue weighted by Gasteiger charge is 2.28. The first kappa shape index (κ1) is 16.9. The molecule has 3 aromatic rings. The van der Waals surface area contributed by atoms with Crippen LogP contribution in [0.3, 0.4) is 0 Å². The minimum absolute atomic E-state index is 0.301. The number of hydrogen-bond donors (Lipinski definition) is 1. The summed E-state index contributed by atoms with van der Waals surface area (Å²) in [5.74, 6) is 1.33. The third kappa shape index (κ3) is 2.93. The van der Waals surface area contributed by atoms with Crippen LogP contribution in [0.25, 0.3) is 22.1 Å². The van der Waals surface area contributed by atoms with E-state index in [1.54, 1.807) is 19.3 Å². The Morgan fingerprint density at radius 1 is 1.27 bits per heavy atom. The minimum Gasteiger partial charge on any atom is -0.385 e. The molecule has 3 aromatic heterocycles. The molecule has 0 aromatic carbocycles. The largest absolute Gasteiger partial charge is 0.385 e. The van der Waals surface area contributed by atoms with Crippen LogP contribution >= 0.6 is 0 Å². The molecule has 0 spiro atoms. The molecule has 0 bridgehead atoms. The topological polar surface area (TPSA) is 87.6 Å². The van der Waals surface area contributed by atoms with E-state index in [4.69, 9.17) is 5.26 Å². The summed E-state index contributed by atoms with van der Waals surface area (Å²) < 4.78 is 2.21. The molecule has 1 aliphatic carbocycles. The van der Waals surface area contributed by atoms with Crippen molar-refractivity contribution >= 4 is 22.1 Å². The number of aliphatic hydroxyl groups excluding tert-OH is 1. The van der Waals surface area contributed by atoms with Crippen molar-refractivity contribution in [2.45, 2.75) is 57.6 Å². The molecule has 3 heterocycles. The van der Waals surface area contributed by atoms with Crippen molar-refractivity contribution < 1.29 is 5.11 Å². The van der Waals surface area contributed by atoms with E-state index in [1.165, 1.54) is 0 Å². The molecule has 6 nitrogen and oxygen atoms in total. The molecule has 4 rings (SSSR count). The van der Waals surface area contributed by atoms with Crippen LogP contribution in [0.2, 0.25) is 0 Å². The van der Waals surface area contributed by atoms with E-state index in [0.29, 0.717) is 24.2 Å². The summed E-state index contributed by atoms with van der Waals surface area (Å²) >= 11 is 0. The number of rotatable bonds is 4. The van der Waals surface area contributed by atoms with Gasteiger partial charge in [-0.2, -0.15) is 5.26 Å². The number of pyridine rings is 2. The molecule has 0 amide bonds. The fraction of sp³-hybridized carbons (Fsp3) is 0.500. The van der Waals surface area contributed by atoms with Crippen LogP contribution < -0.4 is 0 Å². The molecule has 0 aliphatic heterocycles. The summed E-state index contributed by atoms with van der Waals surface area (Å²) in [7, 11) is 0. The number of aliphatic hydroxyl groups is 1. The second kappa shape index (κ2) is 7.00. The van der Waals surface area contributed by atoms with Gasteiger partial charge in [0.2, 0.25) is 0 Å². The van der Waals surface area contributed by atoms with E-state index < -0.39 is 6.10 Å². The number of nitriles is 1. The highest BCUT2D eigenvalue weighted by atomic mass is 16.3. The van der Waals surface area contributed by atoms with E-state index in [-0.39, 0.29) is 0 Å². The molecule has 26 heavy (non-hydrogen) atoms. The average Bonchev–Trinajstić information content (AvgIpc) is 3.07. The third-order valence-corrected chi connectivity index (χ3v) is 5.52. The molecule has 134 valence electrons. The van der Waals surface area contributed by atoms with Crippen molar-refractivity contribution in [1.82, 2.24) is 19.5 Å². The number of aromatic nitrogens is 4. The molecule has 1 saturated carbocycles. The van der Waals surface area contributed by atoms with Crippen molar-refractivity contribution in [3.05, 3.63) is 30.4 Å². The SMILES string of the molecule is CC(O)c1nc2cnc3cccnc3c2n1C1CCC(CCC#N)CC1. The van der Waals surface area contributed by atoms with Gasteiger partial charge in [0.1, 0.15) is 23.0 Å². The number of imidazole rings is 1. The normalized spacial score (nSPS) is 21.7. The van der Waals surface area contributed by atoms with Crippen molar-refractivity contribution in [2.75, 3.05) is 0 Å². The highest BCUT2D eigenvalue weighted by molar-refractivity contribution is 5.99. The summed E-state index contributed by atoms with van der Waals surface area (Å²) in [6.45, 7) is 1.76. The monoisotopic (exact) mass is 349 g/mol. The standard InChI is InChI=1S/C20H23N5O/c1-13(26)20-24-17-12-23-16-5-3-11-22-18(16)19(17)25(20)15-8-6-14(7-9-15)4-2-10-21/h3,5,11-15,26H,2,4,6-9H2,1H3. The highest BCUT2D eigenvalue weighted by Crippen LogP contribution is 2.39. The van der Waals surface area contributed by atoms with Crippen molar-refractivity contribution in [3.8, 4) is 6.07 Å². The lowest BCUT2D eigenvalue weighted by atomic mass is 9.83. The van der Waals surface area contributed by atoms with Crippen molar-refractivity contribution in [1.29, 1.82) is 5.26 Å². The van der Waals surface area contributed by atoms with Crippen molar-refractivity contribution in [3.63, 3.8) is 0 Å². The predicted octanol–water partition coefficient (Wildman–Crippen LogP) is 4.07. The Morgan fingerprint density at radius 2 is 2.08 bits per heavy atom. The Hall–Kier alpha value is -2.52. The zero-order valence-corrected chi connectivity index (χ0v) is 15.0. The first-order chi connectivity index (χ1) is 12.7. The summed E-state index contributed by atoms with van der Waals surface area (Å²) in [6.07, 6.45) is 8.85. The fourth-order valence-corrected chi connectivity index (χ4v) is 4.23. The minimum atomic E-state index is -0.641. The smallest absolute Gasteiger partial charge is 0.138 e. The van der Waals surface area contributed by atoms with Gasteiger partial charge in [0.25, 0.3) is 0 Å². The maximum absolute atomic E-state index is 10.3. The summed E-state index contributed by atoms with van der Waals surface area (Å²) in [5, 5.41) is 19.1. The van der Waals surface area contributed by atoms with E-state index in [9.17, 15) is 5.11 Å². The fourth-order valence-electron chi connectivity index (χ4n) is 4.23. The second-order valence-corrected chi connectivity index (χ2v) is 7.25. The van der Waals surface area contributed by atoms with Crippen LogP contribution in [0, 0.1) is 17.2 Å². The van der Waals surface area contributed by atoms with Gasteiger partial charge in [0, 0.05) is 18.7 Å². The van der Waals surface area contributed by atoms with Gasteiger partial charge in [-0.05, 0) is 57.1 Å². The summed E-state index contributed by atoms with van der Waals surface area (Å²) in [6, 6.07) is 6.41. The van der Waals surface area contributed by atoms with Gasteiger partial charge in [-0.3, -0.25) is 9.97 Å². The van der Waals surface area contributed by atoms with Crippen molar-refractivity contribution in [2.24, 2.45) is 5.92 Å². The van der Waals surface area contributed by atoms with Gasteiger partial charge in [-0.25, -0.2) is 4.98 Å². The lowest BCUT2D eigenvalue weighted by Crippen LogP contribution is -2.21. The predicted molar refractivity (Wildman–Crippen MR) is 99.3 cm³/mol. The zero-order valence-electron chi connectivity index (χ0n) is 15.0. The molecule has 6 heteroatoms. The number of nitrogens with zero attached hydrogens (tertiary/aromatic N) is 5.